The molecule has 0 bridgehead atoms. The number of aromatic nitrogens is 2. The summed E-state index contributed by atoms with van der Waals surface area (Å²) < 4.78 is 0. The van der Waals surface area contributed by atoms with Crippen LogP contribution in [0.1, 0.15) is 52.6 Å². The highest BCUT2D eigenvalue weighted by atomic mass is 16.3. The molecule has 1 heterocycles. The van der Waals surface area contributed by atoms with Crippen molar-refractivity contribution in [3.8, 4) is 0 Å². The summed E-state index contributed by atoms with van der Waals surface area (Å²) in [5, 5.41) is 19.5. The van der Waals surface area contributed by atoms with Gasteiger partial charge in [-0.05, 0) is 29.5 Å². The second-order valence-corrected chi connectivity index (χ2v) is 5.98. The molecule has 0 unspecified atom stereocenters. The van der Waals surface area contributed by atoms with E-state index in [1.165, 1.54) is 0 Å². The Balaban J connectivity index is 1.96. The lowest BCUT2D eigenvalue weighted by Crippen LogP contribution is -2.38. The summed E-state index contributed by atoms with van der Waals surface area (Å²) in [5.41, 5.74) is 2.90. The molecule has 6 heteroatoms. The highest BCUT2D eigenvalue weighted by Crippen LogP contribution is 2.31. The lowest BCUT2D eigenvalue weighted by molar-refractivity contribution is 0.0855. The first-order valence-electron chi connectivity index (χ1n) is 8.23. The largest absolute Gasteiger partial charge is 0.390 e. The molecule has 3 rings (SSSR count). The zero-order chi connectivity index (χ0) is 17.3. The molecule has 0 radical (unpaired) electrons. The molecule has 1 aliphatic rings. The molecule has 6 nitrogen and oxygen atoms in total. The molecule has 0 aliphatic heterocycles. The molecule has 126 valence electrons. The number of aryl methyl sites for hydroxylation is 1. The van der Waals surface area contributed by atoms with Crippen molar-refractivity contribution >= 4 is 5.91 Å². The van der Waals surface area contributed by atoms with Crippen molar-refractivity contribution in [2.45, 2.75) is 45.3 Å². The van der Waals surface area contributed by atoms with Crippen LogP contribution in [0.3, 0.4) is 0 Å². The molecule has 1 amide bonds. The molecule has 24 heavy (non-hydrogen) atoms. The number of carbonyl (C=O) groups is 1. The Morgan fingerprint density at radius 2 is 2.08 bits per heavy atom. The maximum absolute atomic E-state index is 12.8. The first-order chi connectivity index (χ1) is 11.6. The number of carbonyl (C=O) groups excluding carboxylic acids is 1. The number of amides is 1. The molecule has 2 aromatic rings. The maximum atomic E-state index is 12.8. The zero-order valence-corrected chi connectivity index (χ0v) is 13.8. The van der Waals surface area contributed by atoms with Gasteiger partial charge in [0, 0.05) is 6.42 Å². The molecule has 0 fully saturated rings. The van der Waals surface area contributed by atoms with Crippen molar-refractivity contribution in [3.63, 3.8) is 0 Å². The van der Waals surface area contributed by atoms with Crippen LogP contribution < -0.4 is 10.9 Å². The van der Waals surface area contributed by atoms with Crippen molar-refractivity contribution < 1.29 is 9.90 Å². The molecule has 0 saturated carbocycles. The molecule has 0 spiro atoms. The van der Waals surface area contributed by atoms with Crippen LogP contribution in [-0.2, 0) is 19.3 Å². The number of H-pyrrole nitrogens is 1. The number of fused-ring (bicyclic) bond motifs is 1. The van der Waals surface area contributed by atoms with E-state index in [1.54, 1.807) is 0 Å². The van der Waals surface area contributed by atoms with Crippen LogP contribution in [0.15, 0.2) is 29.1 Å². The van der Waals surface area contributed by atoms with Crippen molar-refractivity contribution in [2.75, 3.05) is 0 Å². The fourth-order valence-corrected chi connectivity index (χ4v) is 3.40. The smallest absolute Gasteiger partial charge is 0.277 e. The first kappa shape index (κ1) is 16.4. The maximum Gasteiger partial charge on any atom is 0.277 e. The van der Waals surface area contributed by atoms with E-state index >= 15 is 0 Å². The van der Waals surface area contributed by atoms with Crippen LogP contribution in [0.2, 0.25) is 0 Å². The Bertz CT molecular complexity index is 828. The SMILES string of the molecule is CCc1n[nH]c(=O)c(C(=O)N[C@@H]2c3ccccc3C[C@H]2O)c1CC. The van der Waals surface area contributed by atoms with Crippen LogP contribution in [0.5, 0.6) is 0 Å². The van der Waals surface area contributed by atoms with Gasteiger partial charge in [-0.1, -0.05) is 38.1 Å². The minimum Gasteiger partial charge on any atom is -0.390 e. The number of rotatable bonds is 4. The van der Waals surface area contributed by atoms with Crippen LogP contribution in [0.25, 0.3) is 0 Å². The number of nitrogens with zero attached hydrogens (tertiary/aromatic N) is 1. The number of hydrogen-bond donors (Lipinski definition) is 3. The van der Waals surface area contributed by atoms with E-state index in [-0.39, 0.29) is 5.56 Å². The molecule has 2 atom stereocenters. The third-order valence-electron chi connectivity index (χ3n) is 4.58. The molecule has 1 aromatic carbocycles. The summed E-state index contributed by atoms with van der Waals surface area (Å²) in [6, 6.07) is 7.12. The van der Waals surface area contributed by atoms with Gasteiger partial charge in [0.25, 0.3) is 11.5 Å². The third-order valence-corrected chi connectivity index (χ3v) is 4.58. The van der Waals surface area contributed by atoms with Gasteiger partial charge >= 0.3 is 0 Å². The van der Waals surface area contributed by atoms with Crippen LogP contribution in [0.4, 0.5) is 0 Å². The number of aliphatic hydroxyl groups excluding tert-OH is 1. The highest BCUT2D eigenvalue weighted by molar-refractivity contribution is 5.95. The standard InChI is InChI=1S/C18H21N3O3/c1-3-11-13(4-2)20-21-18(24)15(11)17(23)19-16-12-8-6-5-7-10(12)9-14(16)22/h5-8,14,16,22H,3-4,9H2,1-2H3,(H,19,23)(H,21,24)/t14-,16-/m1/s1. The Hall–Kier alpha value is -2.47. The van der Waals surface area contributed by atoms with E-state index < -0.39 is 23.6 Å². The number of hydrogen-bond acceptors (Lipinski definition) is 4. The Morgan fingerprint density at radius 1 is 1.33 bits per heavy atom. The predicted molar refractivity (Wildman–Crippen MR) is 90.0 cm³/mol. The Labute approximate surface area is 139 Å². The lowest BCUT2D eigenvalue weighted by atomic mass is 10.0. The molecule has 0 saturated heterocycles. The lowest BCUT2D eigenvalue weighted by Gasteiger charge is -2.19. The van der Waals surface area contributed by atoms with Gasteiger partial charge in [0.2, 0.25) is 0 Å². The molecule has 3 N–H and O–H groups in total. The van der Waals surface area contributed by atoms with Crippen molar-refractivity contribution in [1.82, 2.24) is 15.5 Å². The van der Waals surface area contributed by atoms with Crippen LogP contribution >= 0.6 is 0 Å². The number of benzene rings is 1. The average molecular weight is 327 g/mol. The summed E-state index contributed by atoms with van der Waals surface area (Å²) in [4.78, 5) is 24.9. The quantitative estimate of drug-likeness (QED) is 0.788. The van der Waals surface area contributed by atoms with Gasteiger partial charge in [-0.3, -0.25) is 9.59 Å². The van der Waals surface area contributed by atoms with E-state index in [9.17, 15) is 14.7 Å². The number of nitrogens with one attached hydrogen (secondary N) is 2. The minimum atomic E-state index is -0.692. The average Bonchev–Trinajstić information content (AvgIpc) is 2.90. The Kier molecular flexibility index (Phi) is 4.49. The molecule has 1 aliphatic carbocycles. The van der Waals surface area contributed by atoms with Crippen molar-refractivity contribution in [2.24, 2.45) is 0 Å². The topological polar surface area (TPSA) is 95.1 Å². The molecular formula is C18H21N3O3. The fourth-order valence-electron chi connectivity index (χ4n) is 3.40. The third kappa shape index (κ3) is 2.73. The van der Waals surface area contributed by atoms with E-state index in [0.717, 1.165) is 16.8 Å². The van der Waals surface area contributed by atoms with Crippen LogP contribution in [0, 0.1) is 0 Å². The van der Waals surface area contributed by atoms with Gasteiger partial charge in [0.1, 0.15) is 5.56 Å². The fraction of sp³-hybridized carbons (Fsp3) is 0.389. The monoisotopic (exact) mass is 327 g/mol. The van der Waals surface area contributed by atoms with Crippen molar-refractivity contribution in [1.29, 1.82) is 0 Å². The number of aliphatic hydroxyl groups is 1. The first-order valence-corrected chi connectivity index (χ1v) is 8.23. The highest BCUT2D eigenvalue weighted by Gasteiger charge is 2.33. The van der Waals surface area contributed by atoms with Crippen LogP contribution in [-0.4, -0.2) is 27.3 Å². The second-order valence-electron chi connectivity index (χ2n) is 5.98. The van der Waals surface area contributed by atoms with Gasteiger partial charge in [0.05, 0.1) is 17.8 Å². The molecular weight excluding hydrogens is 306 g/mol. The van der Waals surface area contributed by atoms with E-state index in [2.05, 4.69) is 15.5 Å². The summed E-state index contributed by atoms with van der Waals surface area (Å²) >= 11 is 0. The number of aromatic amines is 1. The minimum absolute atomic E-state index is 0.0981. The Morgan fingerprint density at radius 3 is 2.79 bits per heavy atom. The zero-order valence-electron chi connectivity index (χ0n) is 13.8. The predicted octanol–water partition coefficient (Wildman–Crippen LogP) is 1.28. The molecule has 1 aromatic heterocycles. The normalized spacial score (nSPS) is 19.1. The van der Waals surface area contributed by atoms with Crippen molar-refractivity contribution in [3.05, 3.63) is 62.6 Å². The van der Waals surface area contributed by atoms with Gasteiger partial charge in [0.15, 0.2) is 0 Å². The van der Waals surface area contributed by atoms with E-state index in [4.69, 9.17) is 0 Å². The summed E-state index contributed by atoms with van der Waals surface area (Å²) in [6.07, 6.45) is 0.985. The van der Waals surface area contributed by atoms with Gasteiger partial charge in [-0.15, -0.1) is 0 Å². The van der Waals surface area contributed by atoms with Gasteiger partial charge in [-0.25, -0.2) is 5.10 Å². The summed E-state index contributed by atoms with van der Waals surface area (Å²) in [6.45, 7) is 3.82. The summed E-state index contributed by atoms with van der Waals surface area (Å²) in [7, 11) is 0. The van der Waals surface area contributed by atoms with E-state index in [1.807, 2.05) is 38.1 Å². The van der Waals surface area contributed by atoms with Gasteiger partial charge < -0.3 is 10.4 Å². The summed E-state index contributed by atoms with van der Waals surface area (Å²) in [5.74, 6) is -0.467. The van der Waals surface area contributed by atoms with Gasteiger partial charge in [-0.2, -0.15) is 5.10 Å². The second kappa shape index (κ2) is 6.57. The van der Waals surface area contributed by atoms with E-state index in [0.29, 0.717) is 24.8 Å².